The number of hydrogen-bond acceptors (Lipinski definition) is 3. The van der Waals surface area contributed by atoms with Gasteiger partial charge in [0.1, 0.15) is 5.54 Å². The number of rotatable bonds is 0. The Morgan fingerprint density at radius 3 is 2.90 bits per heavy atom. The molecule has 3 nitrogen and oxygen atoms in total. The first-order valence-corrected chi connectivity index (χ1v) is 3.60. The number of nitriles is 1. The Morgan fingerprint density at radius 2 is 2.50 bits per heavy atom. The summed E-state index contributed by atoms with van der Waals surface area (Å²) in [7, 11) is 0. The van der Waals surface area contributed by atoms with Gasteiger partial charge in [-0.1, -0.05) is 6.92 Å². The van der Waals surface area contributed by atoms with Crippen molar-refractivity contribution in [3.63, 3.8) is 0 Å². The maximum atomic E-state index is 8.72. The first-order valence-electron chi connectivity index (χ1n) is 3.60. The van der Waals surface area contributed by atoms with Crippen molar-refractivity contribution in [3.05, 3.63) is 0 Å². The molecule has 0 spiro atoms. The number of hydrogen-bond donors (Lipinski definition) is 2. The van der Waals surface area contributed by atoms with Crippen molar-refractivity contribution in [2.24, 2.45) is 11.7 Å². The fourth-order valence-corrected chi connectivity index (χ4v) is 1.21. The largest absolute Gasteiger partial charge is 0.316 e. The summed E-state index contributed by atoms with van der Waals surface area (Å²) >= 11 is 0. The van der Waals surface area contributed by atoms with Crippen molar-refractivity contribution < 1.29 is 0 Å². The van der Waals surface area contributed by atoms with Crippen molar-refractivity contribution in [2.45, 2.75) is 18.9 Å². The predicted molar refractivity (Wildman–Crippen MR) is 39.2 cm³/mol. The molecule has 0 amide bonds. The molecule has 2 unspecified atom stereocenters. The third kappa shape index (κ3) is 1.13. The van der Waals surface area contributed by atoms with Crippen molar-refractivity contribution >= 4 is 0 Å². The molecular formula is C7H13N3. The topological polar surface area (TPSA) is 61.8 Å². The van der Waals surface area contributed by atoms with Crippen LogP contribution >= 0.6 is 0 Å². The normalized spacial score (nSPS) is 40.7. The van der Waals surface area contributed by atoms with Crippen LogP contribution < -0.4 is 11.1 Å². The Kier molecular flexibility index (Phi) is 1.93. The molecule has 0 saturated carbocycles. The van der Waals surface area contributed by atoms with Crippen LogP contribution in [0.5, 0.6) is 0 Å². The van der Waals surface area contributed by atoms with Crippen LogP contribution in [0.4, 0.5) is 0 Å². The van der Waals surface area contributed by atoms with Crippen LogP contribution in [-0.4, -0.2) is 18.6 Å². The van der Waals surface area contributed by atoms with E-state index in [1.165, 1.54) is 0 Å². The SMILES string of the molecule is CC1CNCCC1(N)C#N. The molecule has 0 aromatic heterocycles. The van der Waals surface area contributed by atoms with Gasteiger partial charge in [0.25, 0.3) is 0 Å². The number of nitrogens with one attached hydrogen (secondary N) is 1. The molecule has 3 heteroatoms. The lowest BCUT2D eigenvalue weighted by atomic mass is 9.82. The molecule has 1 rings (SSSR count). The summed E-state index contributed by atoms with van der Waals surface area (Å²) in [5.74, 6) is 0.270. The van der Waals surface area contributed by atoms with Gasteiger partial charge in [-0.25, -0.2) is 0 Å². The van der Waals surface area contributed by atoms with Crippen LogP contribution in [0, 0.1) is 17.2 Å². The van der Waals surface area contributed by atoms with E-state index in [-0.39, 0.29) is 5.92 Å². The lowest BCUT2D eigenvalue weighted by Gasteiger charge is -2.33. The molecule has 1 fully saturated rings. The van der Waals surface area contributed by atoms with E-state index >= 15 is 0 Å². The van der Waals surface area contributed by atoms with Gasteiger partial charge in [0, 0.05) is 6.54 Å². The second-order valence-corrected chi connectivity index (χ2v) is 3.01. The van der Waals surface area contributed by atoms with Crippen molar-refractivity contribution in [1.82, 2.24) is 5.32 Å². The fraction of sp³-hybridized carbons (Fsp3) is 0.857. The molecule has 0 bridgehead atoms. The number of nitrogens with zero attached hydrogens (tertiary/aromatic N) is 1. The van der Waals surface area contributed by atoms with Gasteiger partial charge >= 0.3 is 0 Å². The van der Waals surface area contributed by atoms with E-state index in [0.29, 0.717) is 0 Å². The molecule has 0 aromatic rings. The maximum Gasteiger partial charge on any atom is 0.109 e. The van der Waals surface area contributed by atoms with E-state index in [1.807, 2.05) is 6.92 Å². The van der Waals surface area contributed by atoms with E-state index in [1.54, 1.807) is 0 Å². The van der Waals surface area contributed by atoms with Gasteiger partial charge in [0.05, 0.1) is 6.07 Å². The van der Waals surface area contributed by atoms with E-state index in [4.69, 9.17) is 11.0 Å². The lowest BCUT2D eigenvalue weighted by molar-refractivity contribution is 0.282. The van der Waals surface area contributed by atoms with Crippen LogP contribution in [0.1, 0.15) is 13.3 Å². The van der Waals surface area contributed by atoms with Crippen molar-refractivity contribution in [2.75, 3.05) is 13.1 Å². The highest BCUT2D eigenvalue weighted by molar-refractivity contribution is 5.10. The smallest absolute Gasteiger partial charge is 0.109 e. The maximum absolute atomic E-state index is 8.72. The second-order valence-electron chi connectivity index (χ2n) is 3.01. The highest BCUT2D eigenvalue weighted by atomic mass is 14.9. The summed E-state index contributed by atoms with van der Waals surface area (Å²) in [5.41, 5.74) is 5.22. The number of nitrogens with two attached hydrogens (primary N) is 1. The van der Waals surface area contributed by atoms with Gasteiger partial charge in [-0.15, -0.1) is 0 Å². The summed E-state index contributed by atoms with van der Waals surface area (Å²) in [6, 6.07) is 2.17. The summed E-state index contributed by atoms with van der Waals surface area (Å²) in [6.45, 7) is 3.74. The van der Waals surface area contributed by atoms with E-state index in [9.17, 15) is 0 Å². The van der Waals surface area contributed by atoms with Gasteiger partial charge < -0.3 is 11.1 Å². The Labute approximate surface area is 61.2 Å². The highest BCUT2D eigenvalue weighted by Crippen LogP contribution is 2.19. The molecule has 1 saturated heterocycles. The predicted octanol–water partition coefficient (Wildman–Crippen LogP) is -0.163. The minimum atomic E-state index is -0.578. The number of piperidine rings is 1. The van der Waals surface area contributed by atoms with Crippen LogP contribution in [0.15, 0.2) is 0 Å². The minimum Gasteiger partial charge on any atom is -0.316 e. The molecule has 2 atom stereocenters. The van der Waals surface area contributed by atoms with Crippen LogP contribution in [0.3, 0.4) is 0 Å². The molecule has 0 aromatic carbocycles. The third-order valence-corrected chi connectivity index (χ3v) is 2.25. The van der Waals surface area contributed by atoms with Gasteiger partial charge in [0.2, 0.25) is 0 Å². The van der Waals surface area contributed by atoms with Crippen LogP contribution in [0.25, 0.3) is 0 Å². The zero-order chi connectivity index (χ0) is 7.61. The van der Waals surface area contributed by atoms with E-state index in [2.05, 4.69) is 11.4 Å². The summed E-state index contributed by atoms with van der Waals surface area (Å²) in [6.07, 6.45) is 0.769. The molecule has 1 aliphatic heterocycles. The lowest BCUT2D eigenvalue weighted by Crippen LogP contribution is -2.54. The molecule has 56 valence electrons. The van der Waals surface area contributed by atoms with Gasteiger partial charge in [0.15, 0.2) is 0 Å². The Morgan fingerprint density at radius 1 is 1.80 bits per heavy atom. The molecule has 0 radical (unpaired) electrons. The van der Waals surface area contributed by atoms with Crippen molar-refractivity contribution in [3.8, 4) is 6.07 Å². The quantitative estimate of drug-likeness (QED) is 0.490. The molecule has 1 aliphatic rings. The first-order chi connectivity index (χ1) is 4.69. The first kappa shape index (κ1) is 7.52. The zero-order valence-corrected chi connectivity index (χ0v) is 6.22. The Hall–Kier alpha value is -0.590. The molecule has 3 N–H and O–H groups in total. The van der Waals surface area contributed by atoms with E-state index in [0.717, 1.165) is 19.5 Å². The average molecular weight is 139 g/mol. The van der Waals surface area contributed by atoms with E-state index < -0.39 is 5.54 Å². The van der Waals surface area contributed by atoms with Gasteiger partial charge in [-0.2, -0.15) is 5.26 Å². The minimum absolute atomic E-state index is 0.270. The zero-order valence-electron chi connectivity index (χ0n) is 6.22. The Bertz CT molecular complexity index is 161. The molecule has 10 heavy (non-hydrogen) atoms. The molecule has 0 aliphatic carbocycles. The standard InChI is InChI=1S/C7H13N3/c1-6-4-10-3-2-7(6,9)5-8/h6,10H,2-4,9H2,1H3. The monoisotopic (exact) mass is 139 g/mol. The highest BCUT2D eigenvalue weighted by Gasteiger charge is 2.33. The van der Waals surface area contributed by atoms with Gasteiger partial charge in [-0.05, 0) is 18.9 Å². The summed E-state index contributed by atoms with van der Waals surface area (Å²) < 4.78 is 0. The third-order valence-electron chi connectivity index (χ3n) is 2.25. The average Bonchev–Trinajstić information content (AvgIpc) is 1.96. The van der Waals surface area contributed by atoms with Crippen molar-refractivity contribution in [1.29, 1.82) is 5.26 Å². The van der Waals surface area contributed by atoms with Crippen LogP contribution in [0.2, 0.25) is 0 Å². The van der Waals surface area contributed by atoms with Gasteiger partial charge in [-0.3, -0.25) is 0 Å². The molecule has 1 heterocycles. The van der Waals surface area contributed by atoms with Crippen LogP contribution in [-0.2, 0) is 0 Å². The Balaban J connectivity index is 2.65. The summed E-state index contributed by atoms with van der Waals surface area (Å²) in [5, 5.41) is 11.9. The fourth-order valence-electron chi connectivity index (χ4n) is 1.21. The summed E-state index contributed by atoms with van der Waals surface area (Å²) in [4.78, 5) is 0. The molecular weight excluding hydrogens is 126 g/mol. The second kappa shape index (κ2) is 2.57.